The summed E-state index contributed by atoms with van der Waals surface area (Å²) < 4.78 is 24.9. The number of benzene rings is 1. The minimum absolute atomic E-state index is 0.152. The Morgan fingerprint density at radius 3 is 2.75 bits per heavy atom. The molecule has 0 aliphatic heterocycles. The second-order valence-corrected chi connectivity index (χ2v) is 4.83. The lowest BCUT2D eigenvalue weighted by Crippen LogP contribution is -2.37. The van der Waals surface area contributed by atoms with Gasteiger partial charge in [-0.25, -0.2) is 8.78 Å². The first kappa shape index (κ1) is 16.4. The minimum Gasteiger partial charge on any atom is -0.395 e. The molecule has 0 radical (unpaired) electrons. The number of carbonyl (C=O) groups excluding carboxylic acids is 1. The third-order valence-corrected chi connectivity index (χ3v) is 3.37. The van der Waals surface area contributed by atoms with Crippen molar-refractivity contribution in [2.45, 2.75) is 11.3 Å². The van der Waals surface area contributed by atoms with Gasteiger partial charge in [-0.1, -0.05) is 12.1 Å². The summed E-state index contributed by atoms with van der Waals surface area (Å²) in [5.74, 6) is -0.403. The SMILES string of the molecule is N#CCSc1ccccc1C(=O)N(CCO)CC(F)F. The van der Waals surface area contributed by atoms with Gasteiger partial charge in [-0.3, -0.25) is 4.79 Å². The predicted molar refractivity (Wildman–Crippen MR) is 71.8 cm³/mol. The maximum atomic E-state index is 12.5. The molecule has 0 aromatic heterocycles. The Labute approximate surface area is 120 Å². The Kier molecular flexibility index (Phi) is 6.98. The van der Waals surface area contributed by atoms with Gasteiger partial charge in [0.05, 0.1) is 30.5 Å². The van der Waals surface area contributed by atoms with E-state index in [0.717, 1.165) is 4.90 Å². The lowest BCUT2D eigenvalue weighted by Gasteiger charge is -2.22. The summed E-state index contributed by atoms with van der Waals surface area (Å²) >= 11 is 1.17. The lowest BCUT2D eigenvalue weighted by molar-refractivity contribution is 0.0506. The zero-order valence-corrected chi connectivity index (χ0v) is 11.4. The standard InChI is InChI=1S/C13H14F2N2O2S/c14-12(15)9-17(6-7-18)13(19)10-3-1-2-4-11(10)20-8-5-16/h1-4,12,18H,6-9H2. The summed E-state index contributed by atoms with van der Waals surface area (Å²) in [7, 11) is 0. The van der Waals surface area contributed by atoms with E-state index in [9.17, 15) is 13.6 Å². The van der Waals surface area contributed by atoms with Crippen LogP contribution in [0.2, 0.25) is 0 Å². The molecule has 1 N–H and O–H groups in total. The first-order valence-electron chi connectivity index (χ1n) is 5.87. The molecule has 0 saturated heterocycles. The monoisotopic (exact) mass is 300 g/mol. The van der Waals surface area contributed by atoms with Crippen LogP contribution in [0.15, 0.2) is 29.2 Å². The van der Waals surface area contributed by atoms with Crippen LogP contribution in [0.3, 0.4) is 0 Å². The molecule has 7 heteroatoms. The molecule has 1 aromatic carbocycles. The van der Waals surface area contributed by atoms with Gasteiger partial charge < -0.3 is 10.0 Å². The van der Waals surface area contributed by atoms with Gasteiger partial charge in [0, 0.05) is 11.4 Å². The highest BCUT2D eigenvalue weighted by molar-refractivity contribution is 7.99. The third-order valence-electron chi connectivity index (χ3n) is 2.43. The number of halogens is 2. The second-order valence-electron chi connectivity index (χ2n) is 3.81. The van der Waals surface area contributed by atoms with Crippen LogP contribution in [0, 0.1) is 11.3 Å². The molecule has 1 amide bonds. The van der Waals surface area contributed by atoms with Gasteiger partial charge in [0.25, 0.3) is 12.3 Å². The van der Waals surface area contributed by atoms with Gasteiger partial charge in [0.1, 0.15) is 0 Å². The van der Waals surface area contributed by atoms with Crippen molar-refractivity contribution >= 4 is 17.7 Å². The van der Waals surface area contributed by atoms with Gasteiger partial charge in [0.2, 0.25) is 0 Å². The number of hydrogen-bond acceptors (Lipinski definition) is 4. The highest BCUT2D eigenvalue weighted by Gasteiger charge is 2.21. The van der Waals surface area contributed by atoms with E-state index < -0.39 is 18.9 Å². The van der Waals surface area contributed by atoms with Gasteiger partial charge in [-0.2, -0.15) is 5.26 Å². The lowest BCUT2D eigenvalue weighted by atomic mass is 10.2. The first-order valence-corrected chi connectivity index (χ1v) is 6.85. The molecule has 1 aromatic rings. The van der Waals surface area contributed by atoms with E-state index in [1.807, 2.05) is 6.07 Å². The van der Waals surface area contributed by atoms with Crippen molar-refractivity contribution < 1.29 is 18.7 Å². The summed E-state index contributed by atoms with van der Waals surface area (Å²) in [6.45, 7) is -1.26. The molecule has 0 bridgehead atoms. The highest BCUT2D eigenvalue weighted by atomic mass is 32.2. The van der Waals surface area contributed by atoms with E-state index >= 15 is 0 Å². The Morgan fingerprint density at radius 1 is 1.45 bits per heavy atom. The summed E-state index contributed by atoms with van der Waals surface area (Å²) in [6.07, 6.45) is -2.66. The summed E-state index contributed by atoms with van der Waals surface area (Å²) in [6, 6.07) is 8.47. The molecule has 1 rings (SSSR count). The molecular weight excluding hydrogens is 286 g/mol. The third kappa shape index (κ3) is 4.79. The number of aliphatic hydroxyl groups is 1. The molecule has 0 atom stereocenters. The number of thioether (sulfide) groups is 1. The molecule has 0 aliphatic carbocycles. The average molecular weight is 300 g/mol. The van der Waals surface area contributed by atoms with Gasteiger partial charge in [-0.15, -0.1) is 11.8 Å². The topological polar surface area (TPSA) is 64.3 Å². The van der Waals surface area contributed by atoms with Crippen LogP contribution in [0.25, 0.3) is 0 Å². The van der Waals surface area contributed by atoms with Crippen LogP contribution in [-0.2, 0) is 0 Å². The first-order chi connectivity index (χ1) is 9.60. The quantitative estimate of drug-likeness (QED) is 0.782. The van der Waals surface area contributed by atoms with Gasteiger partial charge in [-0.05, 0) is 12.1 Å². The van der Waals surface area contributed by atoms with Crippen molar-refractivity contribution in [1.82, 2.24) is 4.90 Å². The van der Waals surface area contributed by atoms with Gasteiger partial charge in [0.15, 0.2) is 0 Å². The van der Waals surface area contributed by atoms with Crippen LogP contribution in [0.1, 0.15) is 10.4 Å². The maximum Gasteiger partial charge on any atom is 0.255 e. The molecule has 0 aliphatic rings. The smallest absolute Gasteiger partial charge is 0.255 e. The normalized spacial score (nSPS) is 10.3. The van der Waals surface area contributed by atoms with Crippen molar-refractivity contribution in [1.29, 1.82) is 5.26 Å². The number of nitriles is 1. The zero-order chi connectivity index (χ0) is 15.0. The fraction of sp³-hybridized carbons (Fsp3) is 0.385. The Bertz CT molecular complexity index is 492. The Morgan fingerprint density at radius 2 is 2.15 bits per heavy atom. The molecule has 0 fully saturated rings. The number of alkyl halides is 2. The van der Waals surface area contributed by atoms with Crippen LogP contribution in [0.4, 0.5) is 8.78 Å². The largest absolute Gasteiger partial charge is 0.395 e. The number of hydrogen-bond donors (Lipinski definition) is 1. The number of carbonyl (C=O) groups is 1. The van der Waals surface area contributed by atoms with Crippen LogP contribution in [-0.4, -0.2) is 47.8 Å². The van der Waals surface area contributed by atoms with Crippen molar-refractivity contribution in [3.63, 3.8) is 0 Å². The molecule has 0 unspecified atom stereocenters. The molecule has 4 nitrogen and oxygen atoms in total. The fourth-order valence-corrected chi connectivity index (χ4v) is 2.32. The van der Waals surface area contributed by atoms with Crippen molar-refractivity contribution in [2.75, 3.05) is 25.4 Å². The molecule has 108 valence electrons. The van der Waals surface area contributed by atoms with Crippen molar-refractivity contribution in [3.8, 4) is 6.07 Å². The molecule has 0 spiro atoms. The van der Waals surface area contributed by atoms with E-state index in [-0.39, 0.29) is 24.5 Å². The number of nitrogens with zero attached hydrogens (tertiary/aromatic N) is 2. The van der Waals surface area contributed by atoms with E-state index in [0.29, 0.717) is 4.90 Å². The maximum absolute atomic E-state index is 12.5. The zero-order valence-electron chi connectivity index (χ0n) is 10.6. The minimum atomic E-state index is -2.66. The molecule has 20 heavy (non-hydrogen) atoms. The molecular formula is C13H14F2N2O2S. The summed E-state index contributed by atoms with van der Waals surface area (Å²) in [5.41, 5.74) is 0.266. The van der Waals surface area contributed by atoms with E-state index in [1.165, 1.54) is 17.8 Å². The highest BCUT2D eigenvalue weighted by Crippen LogP contribution is 2.23. The van der Waals surface area contributed by atoms with Crippen LogP contribution < -0.4 is 0 Å². The van der Waals surface area contributed by atoms with E-state index in [2.05, 4.69) is 0 Å². The summed E-state index contributed by atoms with van der Waals surface area (Å²) in [4.78, 5) is 13.7. The fourth-order valence-electron chi connectivity index (χ4n) is 1.61. The Hall–Kier alpha value is -1.65. The molecule has 0 heterocycles. The van der Waals surface area contributed by atoms with Crippen LogP contribution in [0.5, 0.6) is 0 Å². The van der Waals surface area contributed by atoms with Crippen LogP contribution >= 0.6 is 11.8 Å². The summed E-state index contributed by atoms with van der Waals surface area (Å²) in [5, 5.41) is 17.4. The molecule has 0 saturated carbocycles. The number of amides is 1. The number of aliphatic hydroxyl groups excluding tert-OH is 1. The van der Waals surface area contributed by atoms with E-state index in [1.54, 1.807) is 18.2 Å². The number of rotatable bonds is 7. The van der Waals surface area contributed by atoms with Gasteiger partial charge >= 0.3 is 0 Å². The average Bonchev–Trinajstić information content (AvgIpc) is 2.44. The van der Waals surface area contributed by atoms with Crippen molar-refractivity contribution in [2.24, 2.45) is 0 Å². The second kappa shape index (κ2) is 8.51. The predicted octanol–water partition coefficient (Wildman–Crippen LogP) is 2.00. The van der Waals surface area contributed by atoms with Crippen molar-refractivity contribution in [3.05, 3.63) is 29.8 Å². The Balaban J connectivity index is 2.96. The van der Waals surface area contributed by atoms with E-state index in [4.69, 9.17) is 10.4 Å².